The molecule has 1 fully saturated rings. The van der Waals surface area contributed by atoms with Crippen molar-refractivity contribution in [3.63, 3.8) is 0 Å². The van der Waals surface area contributed by atoms with Crippen molar-refractivity contribution >= 4 is 27.3 Å². The van der Waals surface area contributed by atoms with Crippen molar-refractivity contribution in [1.82, 2.24) is 5.32 Å². The summed E-state index contributed by atoms with van der Waals surface area (Å²) in [5.41, 5.74) is 2.08. The molecule has 1 unspecified atom stereocenters. The van der Waals surface area contributed by atoms with Gasteiger partial charge in [0.05, 0.1) is 18.1 Å². The van der Waals surface area contributed by atoms with Gasteiger partial charge in [-0.1, -0.05) is 18.2 Å². The first-order chi connectivity index (χ1) is 11.4. The standard InChI is InChI=1S/C17H22N2O4S/c20-16(6-5-13-8-10-24(22,23)12-13)18-11-17(21)19-9-7-14-3-1-2-4-15(14)19/h1-4,13H,5-12H2,(H,18,20). The summed E-state index contributed by atoms with van der Waals surface area (Å²) in [6.07, 6.45) is 2.31. The van der Waals surface area contributed by atoms with Gasteiger partial charge in [-0.3, -0.25) is 9.59 Å². The van der Waals surface area contributed by atoms with Gasteiger partial charge in [0, 0.05) is 18.7 Å². The van der Waals surface area contributed by atoms with Crippen LogP contribution < -0.4 is 10.2 Å². The van der Waals surface area contributed by atoms with Gasteiger partial charge in [0.1, 0.15) is 0 Å². The minimum Gasteiger partial charge on any atom is -0.347 e. The summed E-state index contributed by atoms with van der Waals surface area (Å²) in [5, 5.41) is 2.66. The van der Waals surface area contributed by atoms with Crippen molar-refractivity contribution in [2.75, 3.05) is 29.5 Å². The lowest BCUT2D eigenvalue weighted by Gasteiger charge is -2.17. The third-order valence-electron chi connectivity index (χ3n) is 4.73. The Morgan fingerprint density at radius 2 is 2.04 bits per heavy atom. The van der Waals surface area contributed by atoms with Crippen LogP contribution in [0.5, 0.6) is 0 Å². The SMILES string of the molecule is O=C(CCC1CCS(=O)(=O)C1)NCC(=O)N1CCc2ccccc21. The first-order valence-electron chi connectivity index (χ1n) is 8.30. The second-order valence-corrected chi connectivity index (χ2v) is 8.74. The summed E-state index contributed by atoms with van der Waals surface area (Å²) in [5.74, 6) is 0.175. The average Bonchev–Trinajstić information content (AvgIpc) is 3.13. The Morgan fingerprint density at radius 1 is 1.25 bits per heavy atom. The minimum absolute atomic E-state index is 0.0177. The van der Waals surface area contributed by atoms with Crippen molar-refractivity contribution in [3.05, 3.63) is 29.8 Å². The molecule has 0 aromatic heterocycles. The first-order valence-corrected chi connectivity index (χ1v) is 10.1. The number of sulfone groups is 1. The summed E-state index contributed by atoms with van der Waals surface area (Å²) < 4.78 is 22.8. The number of hydrogen-bond acceptors (Lipinski definition) is 4. The summed E-state index contributed by atoms with van der Waals surface area (Å²) >= 11 is 0. The number of anilines is 1. The molecule has 2 amide bonds. The fourth-order valence-corrected chi connectivity index (χ4v) is 5.30. The van der Waals surface area contributed by atoms with Crippen LogP contribution in [0.3, 0.4) is 0 Å². The van der Waals surface area contributed by atoms with E-state index >= 15 is 0 Å². The second-order valence-electron chi connectivity index (χ2n) is 6.51. The van der Waals surface area contributed by atoms with E-state index in [1.165, 1.54) is 0 Å². The number of nitrogens with zero attached hydrogens (tertiary/aromatic N) is 1. The van der Waals surface area contributed by atoms with Crippen LogP contribution in [0.2, 0.25) is 0 Å². The highest BCUT2D eigenvalue weighted by molar-refractivity contribution is 7.91. The number of carbonyl (C=O) groups is 2. The quantitative estimate of drug-likeness (QED) is 0.855. The molecular formula is C17H22N2O4S. The number of benzene rings is 1. The molecule has 2 aliphatic rings. The van der Waals surface area contributed by atoms with E-state index in [4.69, 9.17) is 0 Å². The number of carbonyl (C=O) groups excluding carboxylic acids is 2. The zero-order chi connectivity index (χ0) is 17.2. The summed E-state index contributed by atoms with van der Waals surface area (Å²) in [7, 11) is -2.90. The van der Waals surface area contributed by atoms with Crippen molar-refractivity contribution in [2.45, 2.75) is 25.7 Å². The Kier molecular flexibility index (Phi) is 4.89. The molecule has 1 saturated heterocycles. The molecule has 0 aliphatic carbocycles. The van der Waals surface area contributed by atoms with E-state index in [1.807, 2.05) is 24.3 Å². The second kappa shape index (κ2) is 6.93. The fraction of sp³-hybridized carbons (Fsp3) is 0.529. The molecule has 6 nitrogen and oxygen atoms in total. The van der Waals surface area contributed by atoms with E-state index in [-0.39, 0.29) is 42.2 Å². The molecule has 0 spiro atoms. The van der Waals surface area contributed by atoms with E-state index in [2.05, 4.69) is 5.32 Å². The predicted molar refractivity (Wildman–Crippen MR) is 91.5 cm³/mol. The van der Waals surface area contributed by atoms with E-state index in [0.29, 0.717) is 19.4 Å². The molecule has 3 rings (SSSR count). The molecule has 0 bridgehead atoms. The van der Waals surface area contributed by atoms with Crippen molar-refractivity contribution in [2.24, 2.45) is 5.92 Å². The van der Waals surface area contributed by atoms with Gasteiger partial charge >= 0.3 is 0 Å². The fourth-order valence-electron chi connectivity index (χ4n) is 3.39. The van der Waals surface area contributed by atoms with Crippen molar-refractivity contribution < 1.29 is 18.0 Å². The molecule has 24 heavy (non-hydrogen) atoms. The lowest BCUT2D eigenvalue weighted by Crippen LogP contribution is -2.39. The molecule has 1 N–H and O–H groups in total. The number of fused-ring (bicyclic) bond motifs is 1. The van der Waals surface area contributed by atoms with Crippen LogP contribution in [-0.2, 0) is 25.8 Å². The molecule has 1 aromatic rings. The van der Waals surface area contributed by atoms with E-state index in [9.17, 15) is 18.0 Å². The summed E-state index contributed by atoms with van der Waals surface area (Å²) in [4.78, 5) is 25.9. The van der Waals surface area contributed by atoms with E-state index < -0.39 is 9.84 Å². The Hall–Kier alpha value is -1.89. The normalized spacial score (nSPS) is 21.5. The minimum atomic E-state index is -2.90. The van der Waals surface area contributed by atoms with Crippen LogP contribution in [0.15, 0.2) is 24.3 Å². The van der Waals surface area contributed by atoms with Crippen LogP contribution in [0.25, 0.3) is 0 Å². The molecule has 0 saturated carbocycles. The maximum Gasteiger partial charge on any atom is 0.246 e. The molecule has 2 heterocycles. The number of para-hydroxylation sites is 1. The van der Waals surface area contributed by atoms with Crippen LogP contribution in [0, 0.1) is 5.92 Å². The molecule has 7 heteroatoms. The third kappa shape index (κ3) is 3.95. The summed E-state index contributed by atoms with van der Waals surface area (Å²) in [6, 6.07) is 7.79. The van der Waals surface area contributed by atoms with Gasteiger partial charge in [-0.2, -0.15) is 0 Å². The van der Waals surface area contributed by atoms with Gasteiger partial charge in [-0.25, -0.2) is 8.42 Å². The molecule has 2 aliphatic heterocycles. The van der Waals surface area contributed by atoms with Gasteiger partial charge in [-0.05, 0) is 36.8 Å². The van der Waals surface area contributed by atoms with Crippen molar-refractivity contribution in [1.29, 1.82) is 0 Å². The maximum absolute atomic E-state index is 12.3. The zero-order valence-electron chi connectivity index (χ0n) is 13.5. The lowest BCUT2D eigenvalue weighted by atomic mass is 10.0. The average molecular weight is 350 g/mol. The van der Waals surface area contributed by atoms with Crippen LogP contribution in [-0.4, -0.2) is 44.8 Å². The highest BCUT2D eigenvalue weighted by Gasteiger charge is 2.28. The molecule has 130 valence electrons. The van der Waals surface area contributed by atoms with Gasteiger partial charge < -0.3 is 10.2 Å². The van der Waals surface area contributed by atoms with Gasteiger partial charge in [0.25, 0.3) is 0 Å². The summed E-state index contributed by atoms with van der Waals surface area (Å²) in [6.45, 7) is 0.629. The zero-order valence-corrected chi connectivity index (χ0v) is 14.3. The maximum atomic E-state index is 12.3. The lowest BCUT2D eigenvalue weighted by molar-refractivity contribution is -0.125. The number of rotatable bonds is 5. The highest BCUT2D eigenvalue weighted by atomic mass is 32.2. The molecule has 1 aromatic carbocycles. The molecular weight excluding hydrogens is 328 g/mol. The Balaban J connectivity index is 1.43. The van der Waals surface area contributed by atoms with E-state index in [1.54, 1.807) is 4.90 Å². The highest BCUT2D eigenvalue weighted by Crippen LogP contribution is 2.27. The monoisotopic (exact) mass is 350 g/mol. The number of amides is 2. The number of nitrogens with one attached hydrogen (secondary N) is 1. The van der Waals surface area contributed by atoms with E-state index in [0.717, 1.165) is 17.7 Å². The largest absolute Gasteiger partial charge is 0.347 e. The van der Waals surface area contributed by atoms with Crippen LogP contribution in [0.4, 0.5) is 5.69 Å². The molecule has 1 atom stereocenters. The third-order valence-corrected chi connectivity index (χ3v) is 6.57. The number of hydrogen-bond donors (Lipinski definition) is 1. The van der Waals surface area contributed by atoms with Crippen LogP contribution in [0.1, 0.15) is 24.8 Å². The topological polar surface area (TPSA) is 83.5 Å². The molecule has 0 radical (unpaired) electrons. The Bertz CT molecular complexity index is 745. The van der Waals surface area contributed by atoms with Crippen molar-refractivity contribution in [3.8, 4) is 0 Å². The first kappa shape index (κ1) is 17.0. The van der Waals surface area contributed by atoms with Gasteiger partial charge in [0.15, 0.2) is 9.84 Å². The Labute approximate surface area is 142 Å². The predicted octanol–water partition coefficient (Wildman–Crippen LogP) is 0.907. The Morgan fingerprint density at radius 3 is 2.79 bits per heavy atom. The smallest absolute Gasteiger partial charge is 0.246 e. The van der Waals surface area contributed by atoms with Crippen LogP contribution >= 0.6 is 0 Å². The van der Waals surface area contributed by atoms with Gasteiger partial charge in [0.2, 0.25) is 11.8 Å². The van der Waals surface area contributed by atoms with Gasteiger partial charge in [-0.15, -0.1) is 0 Å².